The second kappa shape index (κ2) is 10.6. The van der Waals surface area contributed by atoms with E-state index in [1.54, 1.807) is 13.8 Å². The van der Waals surface area contributed by atoms with Crippen LogP contribution in [0.5, 0.6) is 5.75 Å². The lowest BCUT2D eigenvalue weighted by atomic mass is 10.0. The Hall–Kier alpha value is -3.69. The first-order chi connectivity index (χ1) is 15.1. The zero-order valence-electron chi connectivity index (χ0n) is 18.0. The Morgan fingerprint density at radius 2 is 1.97 bits per heavy atom. The van der Waals surface area contributed by atoms with Gasteiger partial charge >= 0.3 is 5.97 Å². The predicted octanol–water partition coefficient (Wildman–Crippen LogP) is 0.525. The van der Waals surface area contributed by atoms with Crippen LogP contribution in [0.25, 0.3) is 0 Å². The number of hydrogen-bond donors (Lipinski definition) is 4. The van der Waals surface area contributed by atoms with Crippen LogP contribution in [0.15, 0.2) is 30.4 Å². The molecule has 32 heavy (non-hydrogen) atoms. The fourth-order valence-electron chi connectivity index (χ4n) is 3.54. The van der Waals surface area contributed by atoms with Gasteiger partial charge in [-0.05, 0) is 44.4 Å². The van der Waals surface area contributed by atoms with Crippen molar-refractivity contribution in [2.24, 2.45) is 0 Å². The number of aliphatic carboxylic acids is 1. The van der Waals surface area contributed by atoms with Gasteiger partial charge in [0.2, 0.25) is 11.8 Å². The summed E-state index contributed by atoms with van der Waals surface area (Å²) in [6, 6.07) is 1.24. The quantitative estimate of drug-likeness (QED) is 0.319. The highest BCUT2D eigenvalue weighted by atomic mass is 16.4. The van der Waals surface area contributed by atoms with E-state index in [1.807, 2.05) is 0 Å². The van der Waals surface area contributed by atoms with Gasteiger partial charge in [-0.15, -0.1) is 0 Å². The Morgan fingerprint density at radius 1 is 1.28 bits per heavy atom. The number of carboxylic acid groups (broad SMARTS) is 1. The summed E-state index contributed by atoms with van der Waals surface area (Å²) in [4.78, 5) is 61.8. The van der Waals surface area contributed by atoms with Gasteiger partial charge in [0.15, 0.2) is 0 Å². The van der Waals surface area contributed by atoms with E-state index in [-0.39, 0.29) is 17.9 Å². The molecular weight excluding hydrogens is 418 g/mol. The molecule has 0 unspecified atom stereocenters. The average Bonchev–Trinajstić information content (AvgIpc) is 3.22. The molecule has 172 valence electrons. The number of benzene rings is 1. The molecule has 2 rings (SSSR count). The van der Waals surface area contributed by atoms with Crippen LogP contribution < -0.4 is 10.6 Å². The molecule has 10 heteroatoms. The van der Waals surface area contributed by atoms with E-state index < -0.39 is 48.2 Å². The molecule has 1 aromatic carbocycles. The predicted molar refractivity (Wildman–Crippen MR) is 114 cm³/mol. The lowest BCUT2D eigenvalue weighted by Gasteiger charge is -2.29. The summed E-state index contributed by atoms with van der Waals surface area (Å²) in [5.41, 5.74) is 0.904. The number of carboxylic acids is 1. The summed E-state index contributed by atoms with van der Waals surface area (Å²) in [5.74, 6) is -3.05. The summed E-state index contributed by atoms with van der Waals surface area (Å²) in [6.07, 6.45) is 0.626. The van der Waals surface area contributed by atoms with Crippen LogP contribution in [-0.2, 0) is 19.2 Å². The first-order valence-corrected chi connectivity index (χ1v) is 10.1. The van der Waals surface area contributed by atoms with Crippen LogP contribution in [0.2, 0.25) is 0 Å². The number of hydrogen-bond acceptors (Lipinski definition) is 6. The Morgan fingerprint density at radius 3 is 2.56 bits per heavy atom. The SMILES string of the molecule is C=C(C)[C@H](NC(=O)c1cccc(O)c1C)C(=O)N1CCC[C@H]1C(=O)N[C@H](C=O)CC(=O)O. The number of carbonyl (C=O) groups is 5. The van der Waals surface area contributed by atoms with Crippen molar-refractivity contribution in [1.82, 2.24) is 15.5 Å². The minimum atomic E-state index is -1.24. The summed E-state index contributed by atoms with van der Waals surface area (Å²) in [5, 5.41) is 23.6. The van der Waals surface area contributed by atoms with E-state index in [4.69, 9.17) is 5.11 Å². The number of nitrogens with one attached hydrogen (secondary N) is 2. The minimum absolute atomic E-state index is 0.0572. The highest BCUT2D eigenvalue weighted by Gasteiger charge is 2.38. The maximum Gasteiger partial charge on any atom is 0.305 e. The van der Waals surface area contributed by atoms with Gasteiger partial charge in [-0.2, -0.15) is 0 Å². The van der Waals surface area contributed by atoms with Crippen molar-refractivity contribution in [3.8, 4) is 5.75 Å². The number of phenols is 1. The van der Waals surface area contributed by atoms with Crippen molar-refractivity contribution >= 4 is 30.0 Å². The van der Waals surface area contributed by atoms with E-state index in [0.717, 1.165) is 0 Å². The van der Waals surface area contributed by atoms with Gasteiger partial charge in [0.1, 0.15) is 24.1 Å². The number of aldehydes is 1. The highest BCUT2D eigenvalue weighted by molar-refractivity contribution is 6.01. The van der Waals surface area contributed by atoms with E-state index in [9.17, 15) is 29.1 Å². The molecular formula is C22H27N3O7. The maximum absolute atomic E-state index is 13.2. The van der Waals surface area contributed by atoms with Crippen molar-refractivity contribution in [3.63, 3.8) is 0 Å². The molecule has 1 aromatic rings. The monoisotopic (exact) mass is 445 g/mol. The number of likely N-dealkylation sites (tertiary alicyclic amines) is 1. The zero-order chi connectivity index (χ0) is 24.0. The number of carbonyl (C=O) groups excluding carboxylic acids is 4. The maximum atomic E-state index is 13.2. The third kappa shape index (κ3) is 5.71. The van der Waals surface area contributed by atoms with Crippen molar-refractivity contribution in [3.05, 3.63) is 41.5 Å². The molecule has 3 atom stereocenters. The van der Waals surface area contributed by atoms with Crippen LogP contribution in [0.3, 0.4) is 0 Å². The van der Waals surface area contributed by atoms with Gasteiger partial charge in [0.25, 0.3) is 5.91 Å². The molecule has 0 saturated carbocycles. The van der Waals surface area contributed by atoms with Crippen molar-refractivity contribution in [2.45, 2.75) is 51.2 Å². The summed E-state index contributed by atoms with van der Waals surface area (Å²) in [6.45, 7) is 7.17. The minimum Gasteiger partial charge on any atom is -0.508 e. The smallest absolute Gasteiger partial charge is 0.305 e. The molecule has 0 spiro atoms. The number of rotatable bonds is 9. The highest BCUT2D eigenvalue weighted by Crippen LogP contribution is 2.22. The molecule has 1 heterocycles. The van der Waals surface area contributed by atoms with Gasteiger partial charge < -0.3 is 30.5 Å². The standard InChI is InChI=1S/C22H27N3O7/c1-12(2)19(24-20(30)15-6-4-8-17(27)13(15)3)22(32)25-9-5-7-16(25)21(31)23-14(11-26)10-18(28)29/h4,6,8,11,14,16,19,27H,1,5,7,9-10H2,2-3H3,(H,23,31)(H,24,30)(H,28,29)/t14-,16-,19-/m0/s1. The van der Waals surface area contributed by atoms with Gasteiger partial charge in [-0.25, -0.2) is 0 Å². The van der Waals surface area contributed by atoms with Crippen LogP contribution >= 0.6 is 0 Å². The molecule has 0 radical (unpaired) electrons. The molecule has 4 N–H and O–H groups in total. The van der Waals surface area contributed by atoms with E-state index in [0.29, 0.717) is 30.3 Å². The summed E-state index contributed by atoms with van der Waals surface area (Å²) in [7, 11) is 0. The number of aromatic hydroxyl groups is 1. The number of amides is 3. The largest absolute Gasteiger partial charge is 0.508 e. The second-order valence-electron chi connectivity index (χ2n) is 7.74. The van der Waals surface area contributed by atoms with Crippen LogP contribution in [0.1, 0.15) is 42.1 Å². The van der Waals surface area contributed by atoms with Crippen molar-refractivity contribution in [2.75, 3.05) is 6.54 Å². The molecule has 1 fully saturated rings. The molecule has 10 nitrogen and oxygen atoms in total. The number of nitrogens with zero attached hydrogens (tertiary/aromatic N) is 1. The Labute approximate surface area is 185 Å². The molecule has 1 aliphatic heterocycles. The van der Waals surface area contributed by atoms with Gasteiger partial charge in [0.05, 0.1) is 12.5 Å². The molecule has 1 saturated heterocycles. The van der Waals surface area contributed by atoms with Crippen molar-refractivity contribution in [1.29, 1.82) is 0 Å². The van der Waals surface area contributed by atoms with Gasteiger partial charge in [-0.1, -0.05) is 12.6 Å². The third-order valence-electron chi connectivity index (χ3n) is 5.29. The molecule has 3 amide bonds. The second-order valence-corrected chi connectivity index (χ2v) is 7.74. The lowest BCUT2D eigenvalue weighted by molar-refractivity contribution is -0.141. The fourth-order valence-corrected chi connectivity index (χ4v) is 3.54. The Balaban J connectivity index is 2.17. The first kappa shape index (κ1) is 24.6. The number of phenolic OH excluding ortho intramolecular Hbond substituents is 1. The zero-order valence-corrected chi connectivity index (χ0v) is 18.0. The normalized spacial score (nSPS) is 17.2. The fraction of sp³-hybridized carbons (Fsp3) is 0.409. The molecule has 0 bridgehead atoms. The third-order valence-corrected chi connectivity index (χ3v) is 5.29. The first-order valence-electron chi connectivity index (χ1n) is 10.1. The van der Waals surface area contributed by atoms with Crippen LogP contribution in [0, 0.1) is 6.92 Å². The summed E-state index contributed by atoms with van der Waals surface area (Å²) >= 11 is 0. The summed E-state index contributed by atoms with van der Waals surface area (Å²) < 4.78 is 0. The van der Waals surface area contributed by atoms with Gasteiger partial charge in [-0.3, -0.25) is 19.2 Å². The van der Waals surface area contributed by atoms with Gasteiger partial charge in [0, 0.05) is 17.7 Å². The molecule has 0 aromatic heterocycles. The Kier molecular flexibility index (Phi) is 8.11. The van der Waals surface area contributed by atoms with E-state index >= 15 is 0 Å². The Bertz CT molecular complexity index is 943. The van der Waals surface area contributed by atoms with Crippen LogP contribution in [0.4, 0.5) is 0 Å². The topological polar surface area (TPSA) is 153 Å². The molecule has 1 aliphatic rings. The van der Waals surface area contributed by atoms with E-state index in [2.05, 4.69) is 17.2 Å². The lowest BCUT2D eigenvalue weighted by Crippen LogP contribution is -2.55. The van der Waals surface area contributed by atoms with Crippen molar-refractivity contribution < 1.29 is 34.2 Å². The average molecular weight is 445 g/mol. The van der Waals surface area contributed by atoms with E-state index in [1.165, 1.54) is 23.1 Å². The molecule has 0 aliphatic carbocycles. The van der Waals surface area contributed by atoms with Crippen LogP contribution in [-0.4, -0.2) is 69.8 Å².